The first-order valence-electron chi connectivity index (χ1n) is 8.19. The molecule has 1 heterocycles. The van der Waals surface area contributed by atoms with E-state index in [0.29, 0.717) is 0 Å². The molecule has 1 saturated heterocycles. The predicted molar refractivity (Wildman–Crippen MR) is 95.5 cm³/mol. The summed E-state index contributed by atoms with van der Waals surface area (Å²) in [6.07, 6.45) is 3.22. The van der Waals surface area contributed by atoms with Crippen LogP contribution in [-0.4, -0.2) is 36.1 Å². The number of aryl methyl sites for hydroxylation is 1. The Hall–Kier alpha value is -2.20. The van der Waals surface area contributed by atoms with Crippen LogP contribution in [-0.2, 0) is 0 Å². The SMILES string of the molecule is CO.Cc1cccc(F)c1C(=O)N1CCCCC1.c1ccccc1. The number of likely N-dealkylation sites (tertiary alicyclic amines) is 1. The Morgan fingerprint density at radius 3 is 1.88 bits per heavy atom. The van der Waals surface area contributed by atoms with Crippen LogP contribution in [0.1, 0.15) is 35.2 Å². The Balaban J connectivity index is 0.000000300. The number of benzene rings is 2. The monoisotopic (exact) mass is 331 g/mol. The molecule has 24 heavy (non-hydrogen) atoms. The van der Waals surface area contributed by atoms with Crippen LogP contribution in [0, 0.1) is 12.7 Å². The summed E-state index contributed by atoms with van der Waals surface area (Å²) in [4.78, 5) is 13.9. The second-order valence-electron chi connectivity index (χ2n) is 5.44. The predicted octanol–water partition coefficient (Wildman–Crippen LogP) is 4.06. The van der Waals surface area contributed by atoms with Gasteiger partial charge < -0.3 is 10.0 Å². The average molecular weight is 331 g/mol. The zero-order valence-corrected chi connectivity index (χ0v) is 14.4. The number of piperidine rings is 1. The highest BCUT2D eigenvalue weighted by atomic mass is 19.1. The summed E-state index contributed by atoms with van der Waals surface area (Å²) in [6, 6.07) is 16.8. The van der Waals surface area contributed by atoms with E-state index in [2.05, 4.69) is 0 Å². The molecule has 1 aliphatic heterocycles. The average Bonchev–Trinajstić information content (AvgIpc) is 2.66. The molecule has 1 fully saturated rings. The number of aliphatic hydroxyl groups is 1. The summed E-state index contributed by atoms with van der Waals surface area (Å²) in [5.74, 6) is -0.564. The summed E-state index contributed by atoms with van der Waals surface area (Å²) in [5.41, 5.74) is 0.958. The van der Waals surface area contributed by atoms with Crippen molar-refractivity contribution in [1.82, 2.24) is 4.90 Å². The van der Waals surface area contributed by atoms with E-state index >= 15 is 0 Å². The minimum absolute atomic E-state index is 0.157. The van der Waals surface area contributed by atoms with Crippen LogP contribution in [0.4, 0.5) is 4.39 Å². The van der Waals surface area contributed by atoms with Gasteiger partial charge >= 0.3 is 0 Å². The lowest BCUT2D eigenvalue weighted by molar-refractivity contribution is 0.0719. The van der Waals surface area contributed by atoms with Gasteiger partial charge in [0.05, 0.1) is 5.56 Å². The van der Waals surface area contributed by atoms with Crippen LogP contribution in [0.5, 0.6) is 0 Å². The first-order valence-corrected chi connectivity index (χ1v) is 8.19. The van der Waals surface area contributed by atoms with Gasteiger partial charge in [-0.05, 0) is 37.8 Å². The molecule has 0 atom stereocenters. The van der Waals surface area contributed by atoms with Crippen LogP contribution in [0.3, 0.4) is 0 Å². The Kier molecular flexibility index (Phi) is 9.39. The Morgan fingerprint density at radius 2 is 1.42 bits per heavy atom. The normalized spacial score (nSPS) is 13.1. The first kappa shape index (κ1) is 19.8. The number of hydrogen-bond donors (Lipinski definition) is 1. The van der Waals surface area contributed by atoms with Crippen molar-refractivity contribution in [3.05, 3.63) is 71.5 Å². The maximum Gasteiger partial charge on any atom is 0.257 e. The third kappa shape index (κ3) is 6.13. The minimum Gasteiger partial charge on any atom is -0.400 e. The smallest absolute Gasteiger partial charge is 0.257 e. The highest BCUT2D eigenvalue weighted by Crippen LogP contribution is 2.18. The van der Waals surface area contributed by atoms with Crippen molar-refractivity contribution in [3.8, 4) is 0 Å². The molecule has 2 aromatic carbocycles. The fourth-order valence-electron chi connectivity index (χ4n) is 2.54. The van der Waals surface area contributed by atoms with Gasteiger partial charge in [0.15, 0.2) is 0 Å². The van der Waals surface area contributed by atoms with Gasteiger partial charge in [-0.25, -0.2) is 4.39 Å². The fourth-order valence-corrected chi connectivity index (χ4v) is 2.54. The fraction of sp³-hybridized carbons (Fsp3) is 0.350. The molecular formula is C20H26FNO2. The Labute approximate surface area is 143 Å². The van der Waals surface area contributed by atoms with E-state index in [1.165, 1.54) is 12.5 Å². The van der Waals surface area contributed by atoms with Crippen molar-refractivity contribution in [2.75, 3.05) is 20.2 Å². The molecule has 1 amide bonds. The second-order valence-corrected chi connectivity index (χ2v) is 5.44. The van der Waals surface area contributed by atoms with E-state index in [4.69, 9.17) is 5.11 Å². The topological polar surface area (TPSA) is 40.5 Å². The maximum absolute atomic E-state index is 13.6. The molecule has 0 spiro atoms. The molecule has 3 rings (SSSR count). The van der Waals surface area contributed by atoms with Crippen molar-refractivity contribution >= 4 is 5.91 Å². The molecule has 4 heteroatoms. The molecule has 0 saturated carbocycles. The zero-order chi connectivity index (χ0) is 17.8. The summed E-state index contributed by atoms with van der Waals surface area (Å²) in [5, 5.41) is 7.00. The number of carbonyl (C=O) groups is 1. The van der Waals surface area contributed by atoms with Crippen LogP contribution in [0.15, 0.2) is 54.6 Å². The number of halogens is 1. The van der Waals surface area contributed by atoms with Crippen molar-refractivity contribution in [1.29, 1.82) is 0 Å². The molecule has 3 nitrogen and oxygen atoms in total. The molecule has 0 unspecified atom stereocenters. The van der Waals surface area contributed by atoms with E-state index in [0.717, 1.165) is 38.6 Å². The molecule has 2 aromatic rings. The number of rotatable bonds is 1. The zero-order valence-electron chi connectivity index (χ0n) is 14.4. The number of nitrogens with zero attached hydrogens (tertiary/aromatic N) is 1. The summed E-state index contributed by atoms with van der Waals surface area (Å²) in [6.45, 7) is 3.29. The Bertz CT molecular complexity index is 549. The Morgan fingerprint density at radius 1 is 0.917 bits per heavy atom. The van der Waals surface area contributed by atoms with Crippen LogP contribution in [0.25, 0.3) is 0 Å². The lowest BCUT2D eigenvalue weighted by Gasteiger charge is -2.27. The maximum atomic E-state index is 13.6. The molecule has 0 aliphatic carbocycles. The van der Waals surface area contributed by atoms with Gasteiger partial charge in [-0.2, -0.15) is 0 Å². The van der Waals surface area contributed by atoms with E-state index in [9.17, 15) is 9.18 Å². The van der Waals surface area contributed by atoms with E-state index in [-0.39, 0.29) is 11.5 Å². The van der Waals surface area contributed by atoms with Gasteiger partial charge in [0, 0.05) is 20.2 Å². The largest absolute Gasteiger partial charge is 0.400 e. The van der Waals surface area contributed by atoms with E-state index in [1.807, 2.05) is 36.4 Å². The molecule has 0 bridgehead atoms. The van der Waals surface area contributed by atoms with Crippen molar-refractivity contribution in [2.45, 2.75) is 26.2 Å². The molecule has 130 valence electrons. The van der Waals surface area contributed by atoms with E-state index in [1.54, 1.807) is 24.0 Å². The second kappa shape index (κ2) is 11.4. The summed E-state index contributed by atoms with van der Waals surface area (Å²) >= 11 is 0. The van der Waals surface area contributed by atoms with Crippen molar-refractivity contribution in [2.24, 2.45) is 0 Å². The molecule has 1 aliphatic rings. The highest BCUT2D eigenvalue weighted by Gasteiger charge is 2.22. The van der Waals surface area contributed by atoms with Crippen LogP contribution in [0.2, 0.25) is 0 Å². The van der Waals surface area contributed by atoms with Crippen molar-refractivity contribution < 1.29 is 14.3 Å². The van der Waals surface area contributed by atoms with Gasteiger partial charge in [-0.1, -0.05) is 48.5 Å². The van der Waals surface area contributed by atoms with Gasteiger partial charge in [0.25, 0.3) is 5.91 Å². The quantitative estimate of drug-likeness (QED) is 0.856. The number of hydrogen-bond acceptors (Lipinski definition) is 2. The minimum atomic E-state index is -0.407. The number of amides is 1. The number of carbonyl (C=O) groups excluding carboxylic acids is 1. The molecule has 0 radical (unpaired) electrons. The van der Waals surface area contributed by atoms with Gasteiger partial charge in [-0.3, -0.25) is 4.79 Å². The third-order valence-electron chi connectivity index (χ3n) is 3.75. The van der Waals surface area contributed by atoms with Crippen LogP contribution >= 0.6 is 0 Å². The summed E-state index contributed by atoms with van der Waals surface area (Å²) in [7, 11) is 1.00. The first-order chi connectivity index (χ1) is 11.7. The van der Waals surface area contributed by atoms with E-state index < -0.39 is 5.82 Å². The summed E-state index contributed by atoms with van der Waals surface area (Å²) < 4.78 is 13.6. The number of aliphatic hydroxyl groups excluding tert-OH is 1. The highest BCUT2D eigenvalue weighted by molar-refractivity contribution is 5.96. The van der Waals surface area contributed by atoms with Gasteiger partial charge in [-0.15, -0.1) is 0 Å². The standard InChI is InChI=1S/C13H16FNO.C6H6.CH4O/c1-10-6-5-7-11(14)12(10)13(16)15-8-3-2-4-9-15;1-2-4-6-5-3-1;1-2/h5-7H,2-4,8-9H2,1H3;1-6H;2H,1H3. The van der Waals surface area contributed by atoms with Gasteiger partial charge in [0.2, 0.25) is 0 Å². The van der Waals surface area contributed by atoms with Crippen LogP contribution < -0.4 is 0 Å². The van der Waals surface area contributed by atoms with Crippen molar-refractivity contribution in [3.63, 3.8) is 0 Å². The lowest BCUT2D eigenvalue weighted by Crippen LogP contribution is -2.36. The lowest BCUT2D eigenvalue weighted by atomic mass is 10.0. The molecular weight excluding hydrogens is 305 g/mol. The molecule has 0 aromatic heterocycles. The molecule has 1 N–H and O–H groups in total. The third-order valence-corrected chi connectivity index (χ3v) is 3.75. The van der Waals surface area contributed by atoms with Gasteiger partial charge in [0.1, 0.15) is 5.82 Å².